The molecule has 0 aliphatic heterocycles. The minimum atomic E-state index is -2.87. The van der Waals surface area contributed by atoms with Crippen LogP contribution in [0.2, 0.25) is 0 Å². The van der Waals surface area contributed by atoms with Gasteiger partial charge in [-0.25, -0.2) is 9.97 Å². The molecule has 0 amide bonds. The number of benzene rings is 1. The van der Waals surface area contributed by atoms with Crippen LogP contribution >= 0.6 is 0 Å². The number of pyridine rings is 1. The van der Waals surface area contributed by atoms with Gasteiger partial charge in [0.2, 0.25) is 0 Å². The minimum Gasteiger partial charge on any atom is -0.434 e. The fourth-order valence-corrected chi connectivity index (χ4v) is 2.75. The van der Waals surface area contributed by atoms with Gasteiger partial charge in [-0.2, -0.15) is 8.78 Å². The summed E-state index contributed by atoms with van der Waals surface area (Å²) in [4.78, 5) is 12.5. The first-order valence-electron chi connectivity index (χ1n) is 8.97. The molecule has 1 aromatic carbocycles. The molecule has 7 nitrogen and oxygen atoms in total. The summed E-state index contributed by atoms with van der Waals surface area (Å²) < 4.78 is 31.7. The Labute approximate surface area is 167 Å². The number of aliphatic imine (C=N–C) groups is 1. The number of aromatic nitrogens is 3. The molecule has 0 aliphatic rings. The van der Waals surface area contributed by atoms with Crippen molar-refractivity contribution in [2.45, 2.75) is 26.6 Å². The Morgan fingerprint density at radius 1 is 1.17 bits per heavy atom. The van der Waals surface area contributed by atoms with Gasteiger partial charge < -0.3 is 15.4 Å². The summed E-state index contributed by atoms with van der Waals surface area (Å²) in [5.41, 5.74) is 2.58. The molecule has 3 aromatic rings. The van der Waals surface area contributed by atoms with Crippen molar-refractivity contribution >= 4 is 5.96 Å². The summed E-state index contributed by atoms with van der Waals surface area (Å²) in [6.45, 7) is -0.174. The van der Waals surface area contributed by atoms with Gasteiger partial charge in [-0.05, 0) is 30.7 Å². The third kappa shape index (κ3) is 5.74. The third-order valence-electron chi connectivity index (χ3n) is 4.14. The number of hydrogen-bond donors (Lipinski definition) is 2. The second-order valence-electron chi connectivity index (χ2n) is 6.26. The molecule has 2 N–H and O–H groups in total. The van der Waals surface area contributed by atoms with Crippen LogP contribution in [0.1, 0.15) is 16.7 Å². The lowest BCUT2D eigenvalue weighted by atomic mass is 10.1. The van der Waals surface area contributed by atoms with Crippen molar-refractivity contribution in [2.75, 3.05) is 7.05 Å². The highest BCUT2D eigenvalue weighted by Gasteiger charge is 2.10. The molecule has 2 heterocycles. The quantitative estimate of drug-likeness (QED) is 0.471. The SMILES string of the molecule is CN=C(NCc1ccnc(-n2ccnc2)c1)NCc1cc(C)ccc1OC(F)F. The van der Waals surface area contributed by atoms with E-state index in [1.165, 1.54) is 0 Å². The Hall–Kier alpha value is -3.49. The first-order valence-corrected chi connectivity index (χ1v) is 8.97. The molecule has 0 atom stereocenters. The topological polar surface area (TPSA) is 76.4 Å². The van der Waals surface area contributed by atoms with Gasteiger partial charge in [0.25, 0.3) is 0 Å². The van der Waals surface area contributed by atoms with E-state index in [0.29, 0.717) is 24.6 Å². The molecule has 3 rings (SSSR count). The van der Waals surface area contributed by atoms with E-state index in [9.17, 15) is 8.78 Å². The van der Waals surface area contributed by atoms with E-state index in [1.807, 2.05) is 29.8 Å². The maximum Gasteiger partial charge on any atom is 0.387 e. The molecule has 9 heteroatoms. The van der Waals surface area contributed by atoms with Crippen molar-refractivity contribution in [1.82, 2.24) is 25.2 Å². The molecule has 0 bridgehead atoms. The average Bonchev–Trinajstić information content (AvgIpc) is 3.25. The van der Waals surface area contributed by atoms with Crippen LogP contribution in [0.25, 0.3) is 5.82 Å². The molecule has 0 unspecified atom stereocenters. The highest BCUT2D eigenvalue weighted by molar-refractivity contribution is 5.79. The van der Waals surface area contributed by atoms with Crippen molar-refractivity contribution in [1.29, 1.82) is 0 Å². The number of hydrogen-bond acceptors (Lipinski definition) is 4. The third-order valence-corrected chi connectivity index (χ3v) is 4.14. The van der Waals surface area contributed by atoms with Crippen molar-refractivity contribution in [3.63, 3.8) is 0 Å². The van der Waals surface area contributed by atoms with Gasteiger partial charge in [0, 0.05) is 44.3 Å². The zero-order valence-electron chi connectivity index (χ0n) is 16.1. The van der Waals surface area contributed by atoms with Crippen LogP contribution in [-0.2, 0) is 13.1 Å². The zero-order valence-corrected chi connectivity index (χ0v) is 16.1. The Bertz CT molecular complexity index is 959. The molecule has 0 aliphatic carbocycles. The van der Waals surface area contributed by atoms with E-state index in [4.69, 9.17) is 0 Å². The first kappa shape index (κ1) is 20.2. The lowest BCUT2D eigenvalue weighted by molar-refractivity contribution is -0.0504. The largest absolute Gasteiger partial charge is 0.434 e. The highest BCUT2D eigenvalue weighted by Crippen LogP contribution is 2.22. The molecule has 0 radical (unpaired) electrons. The number of nitrogens with zero attached hydrogens (tertiary/aromatic N) is 4. The van der Waals surface area contributed by atoms with Crippen LogP contribution in [0.3, 0.4) is 0 Å². The fraction of sp³-hybridized carbons (Fsp3) is 0.250. The number of alkyl halides is 2. The van der Waals surface area contributed by atoms with Gasteiger partial charge in [-0.1, -0.05) is 17.7 Å². The second kappa shape index (κ2) is 9.63. The lowest BCUT2D eigenvalue weighted by Crippen LogP contribution is -2.36. The molecule has 0 saturated carbocycles. The highest BCUT2D eigenvalue weighted by atomic mass is 19.3. The van der Waals surface area contributed by atoms with Crippen LogP contribution in [0.15, 0.2) is 60.2 Å². The van der Waals surface area contributed by atoms with Gasteiger partial charge >= 0.3 is 6.61 Å². The predicted molar refractivity (Wildman–Crippen MR) is 106 cm³/mol. The molecule has 152 valence electrons. The van der Waals surface area contributed by atoms with Crippen LogP contribution in [-0.4, -0.2) is 34.2 Å². The first-order chi connectivity index (χ1) is 14.0. The van der Waals surface area contributed by atoms with Gasteiger partial charge in [0.05, 0.1) is 0 Å². The molecule has 0 spiro atoms. The summed E-state index contributed by atoms with van der Waals surface area (Å²) in [5.74, 6) is 1.45. The summed E-state index contributed by atoms with van der Waals surface area (Å²) in [6, 6.07) is 8.92. The maximum atomic E-state index is 12.6. The van der Waals surface area contributed by atoms with Gasteiger partial charge in [0.1, 0.15) is 17.9 Å². The average molecular weight is 400 g/mol. The van der Waals surface area contributed by atoms with Crippen LogP contribution < -0.4 is 15.4 Å². The summed E-state index contributed by atoms with van der Waals surface area (Å²) in [6.07, 6.45) is 6.92. The van der Waals surface area contributed by atoms with Crippen LogP contribution in [0, 0.1) is 6.92 Å². The van der Waals surface area contributed by atoms with Gasteiger partial charge in [-0.15, -0.1) is 0 Å². The number of halogens is 2. The lowest BCUT2D eigenvalue weighted by Gasteiger charge is -2.15. The number of rotatable bonds is 7. The molecule has 0 saturated heterocycles. The Morgan fingerprint density at radius 3 is 2.72 bits per heavy atom. The predicted octanol–water partition coefficient (Wildman–Crippen LogP) is 3.04. The van der Waals surface area contributed by atoms with Gasteiger partial charge in [0.15, 0.2) is 5.96 Å². The van der Waals surface area contributed by atoms with Crippen molar-refractivity contribution in [3.05, 3.63) is 71.9 Å². The number of imidazole rings is 1. The standard InChI is InChI=1S/C20H22F2N6O/c1-14-3-4-17(29-19(21)22)16(9-14)12-27-20(23-2)26-11-15-5-6-25-18(10-15)28-8-7-24-13-28/h3-10,13,19H,11-12H2,1-2H3,(H2,23,26,27). The van der Waals surface area contributed by atoms with Crippen LogP contribution in [0.5, 0.6) is 5.75 Å². The van der Waals surface area contributed by atoms with E-state index >= 15 is 0 Å². The molecular weight excluding hydrogens is 378 g/mol. The molecular formula is C20H22F2N6O. The Balaban J connectivity index is 1.61. The second-order valence-corrected chi connectivity index (χ2v) is 6.26. The van der Waals surface area contributed by atoms with E-state index in [-0.39, 0.29) is 5.75 Å². The maximum absolute atomic E-state index is 12.6. The monoisotopic (exact) mass is 400 g/mol. The molecule has 0 fully saturated rings. The van der Waals surface area contributed by atoms with Crippen LogP contribution in [0.4, 0.5) is 8.78 Å². The van der Waals surface area contributed by atoms with E-state index in [2.05, 4.69) is 30.3 Å². The molecule has 2 aromatic heterocycles. The zero-order chi connectivity index (χ0) is 20.6. The van der Waals surface area contributed by atoms with Crippen molar-refractivity contribution < 1.29 is 13.5 Å². The Morgan fingerprint density at radius 2 is 2.00 bits per heavy atom. The normalized spacial score (nSPS) is 11.6. The van der Waals surface area contributed by atoms with Crippen molar-refractivity contribution in [2.24, 2.45) is 4.99 Å². The minimum absolute atomic E-state index is 0.146. The summed E-state index contributed by atoms with van der Waals surface area (Å²) in [5, 5.41) is 6.32. The Kier molecular flexibility index (Phi) is 6.72. The smallest absolute Gasteiger partial charge is 0.387 e. The number of ether oxygens (including phenoxy) is 1. The van der Waals surface area contributed by atoms with E-state index < -0.39 is 6.61 Å². The fourth-order valence-electron chi connectivity index (χ4n) is 2.75. The summed E-state index contributed by atoms with van der Waals surface area (Å²) >= 11 is 0. The van der Waals surface area contributed by atoms with Crippen molar-refractivity contribution in [3.8, 4) is 11.6 Å². The van der Waals surface area contributed by atoms with E-state index in [0.717, 1.165) is 16.9 Å². The number of nitrogens with one attached hydrogen (secondary N) is 2. The van der Waals surface area contributed by atoms with Gasteiger partial charge in [-0.3, -0.25) is 9.56 Å². The number of aryl methyl sites for hydroxylation is 1. The summed E-state index contributed by atoms with van der Waals surface area (Å²) in [7, 11) is 1.64. The van der Waals surface area contributed by atoms with E-state index in [1.54, 1.807) is 44.0 Å². The molecule has 29 heavy (non-hydrogen) atoms. The number of guanidine groups is 1.